The highest BCUT2D eigenvalue weighted by Gasteiger charge is 2.10. The van der Waals surface area contributed by atoms with Crippen LogP contribution in [0.1, 0.15) is 0 Å². The van der Waals surface area contributed by atoms with E-state index in [-0.39, 0.29) is 0 Å². The summed E-state index contributed by atoms with van der Waals surface area (Å²) in [6.07, 6.45) is 0. The number of hydrogen-bond donors (Lipinski definition) is 1. The molecule has 3 heteroatoms. The van der Waals surface area contributed by atoms with Gasteiger partial charge >= 0.3 is 0 Å². The zero-order valence-corrected chi connectivity index (χ0v) is 8.33. The summed E-state index contributed by atoms with van der Waals surface area (Å²) in [5, 5.41) is 3.36. The van der Waals surface area contributed by atoms with Crippen molar-refractivity contribution in [2.45, 2.75) is 4.90 Å². The van der Waals surface area contributed by atoms with Gasteiger partial charge in [0.15, 0.2) is 0 Å². The van der Waals surface area contributed by atoms with Crippen molar-refractivity contribution >= 4 is 33.4 Å². The van der Waals surface area contributed by atoms with Gasteiger partial charge in [-0.25, -0.2) is 0 Å². The topological polar surface area (TPSA) is 12.0 Å². The molecule has 0 radical (unpaired) electrons. The Kier molecular flexibility index (Phi) is 2.09. The first-order valence-corrected chi connectivity index (χ1v) is 5.31. The largest absolute Gasteiger partial charge is 0.382 e. The molecule has 1 nitrogen and oxygen atoms in total. The van der Waals surface area contributed by atoms with E-state index >= 15 is 0 Å². The fraction of sp³-hybridized carbons (Fsp3) is 0.250. The van der Waals surface area contributed by atoms with Crippen molar-refractivity contribution in [3.05, 3.63) is 22.7 Å². The van der Waals surface area contributed by atoms with E-state index in [1.165, 1.54) is 20.8 Å². The average Bonchev–Trinajstić information content (AvgIpc) is 2.06. The molecule has 11 heavy (non-hydrogen) atoms. The Labute approximate surface area is 78.7 Å². The van der Waals surface area contributed by atoms with Crippen LogP contribution in [-0.4, -0.2) is 12.3 Å². The molecule has 0 aromatic heterocycles. The molecule has 0 aliphatic carbocycles. The standard InChI is InChI=1S/C8H8BrNS/c9-6-2-1-3-7-8(6)10-4-5-11-7/h1-3,10H,4-5H2. The molecule has 0 amide bonds. The lowest BCUT2D eigenvalue weighted by Gasteiger charge is -2.18. The van der Waals surface area contributed by atoms with E-state index < -0.39 is 0 Å². The predicted octanol–water partition coefficient (Wildman–Crippen LogP) is 2.97. The first kappa shape index (κ1) is 7.50. The Morgan fingerprint density at radius 2 is 2.36 bits per heavy atom. The fourth-order valence-electron chi connectivity index (χ4n) is 1.13. The molecular weight excluding hydrogens is 222 g/mol. The number of para-hydroxylation sites is 1. The Bertz CT molecular complexity index is 275. The highest BCUT2D eigenvalue weighted by atomic mass is 79.9. The molecule has 1 heterocycles. The minimum Gasteiger partial charge on any atom is -0.382 e. The van der Waals surface area contributed by atoms with E-state index in [4.69, 9.17) is 0 Å². The van der Waals surface area contributed by atoms with Crippen molar-refractivity contribution in [1.29, 1.82) is 0 Å². The lowest BCUT2D eigenvalue weighted by atomic mass is 10.3. The maximum atomic E-state index is 3.51. The number of nitrogens with one attached hydrogen (secondary N) is 1. The third-order valence-electron chi connectivity index (χ3n) is 1.64. The lowest BCUT2D eigenvalue weighted by molar-refractivity contribution is 1.16. The van der Waals surface area contributed by atoms with Crippen LogP contribution in [0.25, 0.3) is 0 Å². The van der Waals surface area contributed by atoms with Gasteiger partial charge in [-0.1, -0.05) is 6.07 Å². The fourth-order valence-corrected chi connectivity index (χ4v) is 2.70. The van der Waals surface area contributed by atoms with Crippen LogP contribution in [0.3, 0.4) is 0 Å². The second-order valence-electron chi connectivity index (χ2n) is 2.39. The minimum atomic E-state index is 1.07. The molecule has 0 saturated carbocycles. The van der Waals surface area contributed by atoms with Crippen LogP contribution in [0.15, 0.2) is 27.6 Å². The normalized spacial score (nSPS) is 15.4. The number of thioether (sulfide) groups is 1. The van der Waals surface area contributed by atoms with Crippen molar-refractivity contribution in [2.24, 2.45) is 0 Å². The van der Waals surface area contributed by atoms with Crippen molar-refractivity contribution in [1.82, 2.24) is 0 Å². The van der Waals surface area contributed by atoms with Crippen LogP contribution < -0.4 is 5.32 Å². The van der Waals surface area contributed by atoms with Gasteiger partial charge in [0.05, 0.1) is 5.69 Å². The third-order valence-corrected chi connectivity index (χ3v) is 3.36. The molecule has 0 fully saturated rings. The summed E-state index contributed by atoms with van der Waals surface area (Å²) in [6, 6.07) is 6.29. The summed E-state index contributed by atoms with van der Waals surface area (Å²) in [7, 11) is 0. The van der Waals surface area contributed by atoms with E-state index in [1.54, 1.807) is 0 Å². The van der Waals surface area contributed by atoms with Crippen molar-refractivity contribution in [3.8, 4) is 0 Å². The summed E-state index contributed by atoms with van der Waals surface area (Å²) in [4.78, 5) is 1.35. The van der Waals surface area contributed by atoms with Gasteiger partial charge in [0.25, 0.3) is 0 Å². The second-order valence-corrected chi connectivity index (χ2v) is 4.38. The molecule has 0 atom stereocenters. The Hall–Kier alpha value is -0.150. The zero-order chi connectivity index (χ0) is 7.68. The maximum absolute atomic E-state index is 3.51. The van der Waals surface area contributed by atoms with Crippen LogP contribution in [0.2, 0.25) is 0 Å². The van der Waals surface area contributed by atoms with E-state index in [1.807, 2.05) is 11.8 Å². The number of anilines is 1. The Balaban J connectivity index is 2.49. The molecule has 1 aromatic carbocycles. The highest BCUT2D eigenvalue weighted by Crippen LogP contribution is 2.35. The Morgan fingerprint density at radius 1 is 1.45 bits per heavy atom. The number of fused-ring (bicyclic) bond motifs is 1. The second kappa shape index (κ2) is 3.07. The van der Waals surface area contributed by atoms with Crippen LogP contribution in [-0.2, 0) is 0 Å². The van der Waals surface area contributed by atoms with Gasteiger partial charge in [0.1, 0.15) is 0 Å². The van der Waals surface area contributed by atoms with Gasteiger partial charge in [0.2, 0.25) is 0 Å². The van der Waals surface area contributed by atoms with Gasteiger partial charge in [-0.3, -0.25) is 0 Å². The minimum absolute atomic E-state index is 1.07. The maximum Gasteiger partial charge on any atom is 0.0623 e. The number of hydrogen-bond acceptors (Lipinski definition) is 2. The summed E-state index contributed by atoms with van der Waals surface area (Å²) in [5.41, 5.74) is 1.25. The summed E-state index contributed by atoms with van der Waals surface area (Å²) < 4.78 is 1.17. The molecule has 0 bridgehead atoms. The van der Waals surface area contributed by atoms with Gasteiger partial charge in [0, 0.05) is 21.7 Å². The third kappa shape index (κ3) is 1.40. The van der Waals surface area contributed by atoms with Crippen LogP contribution >= 0.6 is 27.7 Å². The van der Waals surface area contributed by atoms with Gasteiger partial charge in [-0.15, -0.1) is 11.8 Å². The summed E-state index contributed by atoms with van der Waals surface area (Å²) in [5.74, 6) is 1.17. The van der Waals surface area contributed by atoms with Crippen LogP contribution in [0.4, 0.5) is 5.69 Å². The summed E-state index contributed by atoms with van der Waals surface area (Å²) in [6.45, 7) is 1.07. The first-order chi connectivity index (χ1) is 5.38. The average molecular weight is 230 g/mol. The SMILES string of the molecule is Brc1cccc2c1NCCS2. The van der Waals surface area contributed by atoms with E-state index in [0.29, 0.717) is 0 Å². The van der Waals surface area contributed by atoms with E-state index in [2.05, 4.69) is 39.4 Å². The molecule has 0 saturated heterocycles. The first-order valence-electron chi connectivity index (χ1n) is 3.53. The zero-order valence-electron chi connectivity index (χ0n) is 5.93. The molecule has 58 valence electrons. The van der Waals surface area contributed by atoms with Crippen molar-refractivity contribution < 1.29 is 0 Å². The molecule has 1 N–H and O–H groups in total. The molecule has 1 aliphatic rings. The quantitative estimate of drug-likeness (QED) is 0.735. The van der Waals surface area contributed by atoms with E-state index in [9.17, 15) is 0 Å². The monoisotopic (exact) mass is 229 g/mol. The molecule has 1 aliphatic heterocycles. The highest BCUT2D eigenvalue weighted by molar-refractivity contribution is 9.10. The smallest absolute Gasteiger partial charge is 0.0623 e. The molecule has 0 spiro atoms. The molecule has 2 rings (SSSR count). The van der Waals surface area contributed by atoms with E-state index in [0.717, 1.165) is 6.54 Å². The number of benzene rings is 1. The molecular formula is C8H8BrNS. The van der Waals surface area contributed by atoms with Gasteiger partial charge < -0.3 is 5.32 Å². The molecule has 1 aromatic rings. The van der Waals surface area contributed by atoms with Crippen molar-refractivity contribution in [2.75, 3.05) is 17.6 Å². The van der Waals surface area contributed by atoms with Crippen molar-refractivity contribution in [3.63, 3.8) is 0 Å². The van der Waals surface area contributed by atoms with Crippen LogP contribution in [0, 0.1) is 0 Å². The number of rotatable bonds is 0. The number of halogens is 1. The predicted molar refractivity (Wildman–Crippen MR) is 53.4 cm³/mol. The van der Waals surface area contributed by atoms with Crippen LogP contribution in [0.5, 0.6) is 0 Å². The Morgan fingerprint density at radius 3 is 3.18 bits per heavy atom. The lowest BCUT2D eigenvalue weighted by Crippen LogP contribution is -2.10. The summed E-state index contributed by atoms with van der Waals surface area (Å²) >= 11 is 5.42. The van der Waals surface area contributed by atoms with Gasteiger partial charge in [-0.2, -0.15) is 0 Å². The van der Waals surface area contributed by atoms with Gasteiger partial charge in [-0.05, 0) is 28.1 Å². The molecule has 0 unspecified atom stereocenters.